The molecule has 1 fully saturated rings. The van der Waals surface area contributed by atoms with Gasteiger partial charge in [0.15, 0.2) is 0 Å². The zero-order valence-electron chi connectivity index (χ0n) is 25.3. The Kier molecular flexibility index (Phi) is 9.79. The standard InChI is InChI=1S/C34H37N5O5/c1-24-7-10-32(42-3)31(17-24)34(41)38-13-11-37(12-14-38)23-28-21-36-25(2)39(28)22-26-8-9-27(20-35)33(18-26)44-30-6-4-5-29(19-30)43-16-15-40/h4-10,17-19,21,40H,11-16,22-23H2,1-3H3. The van der Waals surface area contributed by atoms with E-state index in [2.05, 4.69) is 20.5 Å². The van der Waals surface area contributed by atoms with Crippen LogP contribution >= 0.6 is 0 Å². The third kappa shape index (κ3) is 7.19. The van der Waals surface area contributed by atoms with Crippen molar-refractivity contribution >= 4 is 5.91 Å². The van der Waals surface area contributed by atoms with Crippen molar-refractivity contribution in [2.45, 2.75) is 26.9 Å². The molecule has 0 spiro atoms. The number of amides is 1. The molecule has 0 bridgehead atoms. The van der Waals surface area contributed by atoms with E-state index in [4.69, 9.17) is 19.3 Å². The predicted octanol–water partition coefficient (Wildman–Crippen LogP) is 4.55. The average Bonchev–Trinajstić information content (AvgIpc) is 3.38. The number of carbonyl (C=O) groups excluding carboxylic acids is 1. The lowest BCUT2D eigenvalue weighted by Crippen LogP contribution is -2.48. The fourth-order valence-corrected chi connectivity index (χ4v) is 5.30. The minimum absolute atomic E-state index is 0.00524. The van der Waals surface area contributed by atoms with Crippen LogP contribution in [-0.2, 0) is 13.1 Å². The molecule has 10 nitrogen and oxygen atoms in total. The number of methoxy groups -OCH3 is 1. The van der Waals surface area contributed by atoms with Crippen molar-refractivity contribution in [1.29, 1.82) is 5.26 Å². The summed E-state index contributed by atoms with van der Waals surface area (Å²) in [5, 5.41) is 18.7. The molecule has 1 aromatic heterocycles. The second-order valence-electron chi connectivity index (χ2n) is 10.7. The summed E-state index contributed by atoms with van der Waals surface area (Å²) in [6.07, 6.45) is 1.91. The van der Waals surface area contributed by atoms with E-state index in [1.165, 1.54) is 0 Å². The Labute approximate surface area is 257 Å². The number of imidazole rings is 1. The Balaban J connectivity index is 1.25. The summed E-state index contributed by atoms with van der Waals surface area (Å²) in [6.45, 7) is 8.09. The topological polar surface area (TPSA) is 113 Å². The van der Waals surface area contributed by atoms with Crippen LogP contribution in [0.3, 0.4) is 0 Å². The number of carbonyl (C=O) groups is 1. The maximum Gasteiger partial charge on any atom is 0.257 e. The Bertz CT molecular complexity index is 1650. The number of hydrogen-bond donors (Lipinski definition) is 1. The molecule has 1 saturated heterocycles. The zero-order chi connectivity index (χ0) is 31.1. The second kappa shape index (κ2) is 14.1. The summed E-state index contributed by atoms with van der Waals surface area (Å²) in [5.74, 6) is 3.04. The van der Waals surface area contributed by atoms with Crippen molar-refractivity contribution in [3.05, 3.63) is 101 Å². The molecule has 2 heterocycles. The van der Waals surface area contributed by atoms with Crippen LogP contribution in [0.25, 0.3) is 0 Å². The minimum Gasteiger partial charge on any atom is -0.496 e. The molecule has 0 saturated carbocycles. The average molecular weight is 596 g/mol. The molecule has 5 rings (SSSR count). The number of benzene rings is 3. The first-order chi connectivity index (χ1) is 21.4. The van der Waals surface area contributed by atoms with Gasteiger partial charge < -0.3 is 28.8 Å². The number of aromatic nitrogens is 2. The zero-order valence-corrected chi connectivity index (χ0v) is 25.3. The van der Waals surface area contributed by atoms with Crippen molar-refractivity contribution < 1.29 is 24.1 Å². The molecule has 1 aliphatic rings. The molecule has 3 aromatic carbocycles. The van der Waals surface area contributed by atoms with Gasteiger partial charge in [-0.25, -0.2) is 4.98 Å². The molecular formula is C34H37N5O5. The number of aliphatic hydroxyl groups excluding tert-OH is 1. The number of rotatable bonds is 11. The molecule has 44 heavy (non-hydrogen) atoms. The Morgan fingerprint density at radius 2 is 1.77 bits per heavy atom. The summed E-state index contributed by atoms with van der Waals surface area (Å²) in [7, 11) is 1.59. The maximum atomic E-state index is 13.3. The maximum absolute atomic E-state index is 13.3. The van der Waals surface area contributed by atoms with E-state index >= 15 is 0 Å². The summed E-state index contributed by atoms with van der Waals surface area (Å²) in [5.41, 5.74) is 4.09. The Morgan fingerprint density at radius 1 is 0.977 bits per heavy atom. The van der Waals surface area contributed by atoms with Gasteiger partial charge in [-0.2, -0.15) is 5.26 Å². The molecule has 4 aromatic rings. The fraction of sp³-hybridized carbons (Fsp3) is 0.324. The van der Waals surface area contributed by atoms with Gasteiger partial charge in [-0.3, -0.25) is 9.69 Å². The van der Waals surface area contributed by atoms with Gasteiger partial charge in [0.25, 0.3) is 5.91 Å². The minimum atomic E-state index is -0.0825. The molecule has 228 valence electrons. The van der Waals surface area contributed by atoms with E-state index in [1.54, 1.807) is 37.4 Å². The van der Waals surface area contributed by atoms with E-state index < -0.39 is 0 Å². The van der Waals surface area contributed by atoms with Crippen LogP contribution in [0.15, 0.2) is 66.9 Å². The highest BCUT2D eigenvalue weighted by Crippen LogP contribution is 2.29. The molecule has 0 unspecified atom stereocenters. The molecule has 0 atom stereocenters. The van der Waals surface area contributed by atoms with Crippen LogP contribution in [-0.4, -0.2) is 76.9 Å². The largest absolute Gasteiger partial charge is 0.496 e. The van der Waals surface area contributed by atoms with Crippen molar-refractivity contribution in [1.82, 2.24) is 19.4 Å². The van der Waals surface area contributed by atoms with Gasteiger partial charge in [0, 0.05) is 51.5 Å². The summed E-state index contributed by atoms with van der Waals surface area (Å²) >= 11 is 0. The van der Waals surface area contributed by atoms with E-state index in [0.29, 0.717) is 60.3 Å². The number of nitriles is 1. The Morgan fingerprint density at radius 3 is 2.52 bits per heavy atom. The SMILES string of the molecule is COc1ccc(C)cc1C(=O)N1CCN(Cc2cnc(C)n2Cc2ccc(C#N)c(Oc3cccc(OCCO)c3)c2)CC1. The van der Waals surface area contributed by atoms with Crippen molar-refractivity contribution in [2.24, 2.45) is 0 Å². The smallest absolute Gasteiger partial charge is 0.257 e. The number of aliphatic hydroxyl groups is 1. The quantitative estimate of drug-likeness (QED) is 0.269. The fourth-order valence-electron chi connectivity index (χ4n) is 5.30. The molecule has 1 amide bonds. The number of nitrogens with zero attached hydrogens (tertiary/aromatic N) is 5. The number of aryl methyl sites for hydroxylation is 2. The van der Waals surface area contributed by atoms with Crippen LogP contribution < -0.4 is 14.2 Å². The number of piperazine rings is 1. The molecule has 0 radical (unpaired) electrons. The first kappa shape index (κ1) is 30.6. The van der Waals surface area contributed by atoms with Gasteiger partial charge in [-0.15, -0.1) is 0 Å². The molecule has 1 N–H and O–H groups in total. The lowest BCUT2D eigenvalue weighted by atomic mass is 10.1. The van der Waals surface area contributed by atoms with E-state index in [9.17, 15) is 10.1 Å². The van der Waals surface area contributed by atoms with Gasteiger partial charge in [0.2, 0.25) is 0 Å². The highest BCUT2D eigenvalue weighted by atomic mass is 16.5. The van der Waals surface area contributed by atoms with Gasteiger partial charge in [-0.05, 0) is 55.8 Å². The van der Waals surface area contributed by atoms with E-state index in [1.807, 2.05) is 55.3 Å². The van der Waals surface area contributed by atoms with Crippen molar-refractivity contribution in [3.63, 3.8) is 0 Å². The first-order valence-electron chi connectivity index (χ1n) is 14.6. The second-order valence-corrected chi connectivity index (χ2v) is 10.7. The van der Waals surface area contributed by atoms with Crippen LogP contribution in [0.5, 0.6) is 23.0 Å². The number of ether oxygens (including phenoxy) is 3. The predicted molar refractivity (Wildman–Crippen MR) is 165 cm³/mol. The lowest BCUT2D eigenvalue weighted by Gasteiger charge is -2.35. The van der Waals surface area contributed by atoms with Crippen LogP contribution in [0.1, 0.15) is 38.6 Å². The number of hydrogen-bond acceptors (Lipinski definition) is 8. The van der Waals surface area contributed by atoms with Gasteiger partial charge >= 0.3 is 0 Å². The van der Waals surface area contributed by atoms with Crippen LogP contribution in [0, 0.1) is 25.2 Å². The molecular weight excluding hydrogens is 558 g/mol. The van der Waals surface area contributed by atoms with E-state index in [-0.39, 0.29) is 19.1 Å². The van der Waals surface area contributed by atoms with Gasteiger partial charge in [0.05, 0.1) is 30.5 Å². The lowest BCUT2D eigenvalue weighted by molar-refractivity contribution is 0.0622. The van der Waals surface area contributed by atoms with Gasteiger partial charge in [-0.1, -0.05) is 23.8 Å². The third-order valence-corrected chi connectivity index (χ3v) is 7.67. The van der Waals surface area contributed by atoms with Crippen LogP contribution in [0.2, 0.25) is 0 Å². The third-order valence-electron chi connectivity index (χ3n) is 7.67. The normalized spacial score (nSPS) is 13.4. The summed E-state index contributed by atoms with van der Waals surface area (Å²) < 4.78 is 19.2. The van der Waals surface area contributed by atoms with Crippen molar-refractivity contribution in [3.8, 4) is 29.1 Å². The van der Waals surface area contributed by atoms with Crippen molar-refractivity contribution in [2.75, 3.05) is 46.5 Å². The molecule has 1 aliphatic heterocycles. The van der Waals surface area contributed by atoms with Gasteiger partial charge in [0.1, 0.15) is 41.5 Å². The Hall–Kier alpha value is -4.85. The van der Waals surface area contributed by atoms with Crippen LogP contribution in [0.4, 0.5) is 0 Å². The molecule has 10 heteroatoms. The highest BCUT2D eigenvalue weighted by molar-refractivity contribution is 5.97. The van der Waals surface area contributed by atoms with E-state index in [0.717, 1.165) is 35.7 Å². The monoisotopic (exact) mass is 595 g/mol. The summed E-state index contributed by atoms with van der Waals surface area (Å²) in [4.78, 5) is 22.1. The molecule has 0 aliphatic carbocycles. The summed E-state index contributed by atoms with van der Waals surface area (Å²) in [6, 6.07) is 20.6. The first-order valence-corrected chi connectivity index (χ1v) is 14.6. The highest BCUT2D eigenvalue weighted by Gasteiger charge is 2.25.